The number of halogens is 1. The van der Waals surface area contributed by atoms with Crippen LogP contribution in [-0.4, -0.2) is 34.8 Å². The van der Waals surface area contributed by atoms with Crippen molar-refractivity contribution in [1.82, 2.24) is 4.90 Å². The molecule has 1 atom stereocenters. The minimum Gasteiger partial charge on any atom is -0.507 e. The lowest BCUT2D eigenvalue weighted by molar-refractivity contribution is -0.140. The first kappa shape index (κ1) is 25.2. The molecule has 6 heteroatoms. The smallest absolute Gasteiger partial charge is 0.295 e. The van der Waals surface area contributed by atoms with Gasteiger partial charge in [-0.05, 0) is 66.1 Å². The Balaban J connectivity index is 1.63. The summed E-state index contributed by atoms with van der Waals surface area (Å²) in [5.41, 5.74) is 2.94. The number of carbonyl (C=O) groups excluding carboxylic acids is 2. The molecular formula is C32H29FN2O3. The molecule has 0 aliphatic carbocycles. The lowest BCUT2D eigenvalue weighted by Gasteiger charge is -2.27. The molecule has 192 valence electrons. The van der Waals surface area contributed by atoms with Crippen molar-refractivity contribution in [2.75, 3.05) is 18.0 Å². The van der Waals surface area contributed by atoms with Crippen molar-refractivity contribution in [3.8, 4) is 0 Å². The first-order valence-corrected chi connectivity index (χ1v) is 12.8. The molecule has 0 saturated carbocycles. The van der Waals surface area contributed by atoms with E-state index < -0.39 is 17.7 Å². The predicted octanol–water partition coefficient (Wildman–Crippen LogP) is 6.45. The van der Waals surface area contributed by atoms with Crippen molar-refractivity contribution in [2.45, 2.75) is 26.4 Å². The number of Topliss-reactive ketones (excluding diaryl/α,β-unsaturated/α-hetero) is 1. The van der Waals surface area contributed by atoms with Gasteiger partial charge in [-0.1, -0.05) is 60.7 Å². The number of rotatable bonds is 7. The molecule has 0 bridgehead atoms. The highest BCUT2D eigenvalue weighted by molar-refractivity contribution is 6.46. The predicted molar refractivity (Wildman–Crippen MR) is 148 cm³/mol. The number of carbonyl (C=O) groups is 2. The molecule has 1 aliphatic rings. The van der Waals surface area contributed by atoms with Crippen molar-refractivity contribution < 1.29 is 19.1 Å². The molecule has 1 amide bonds. The van der Waals surface area contributed by atoms with E-state index >= 15 is 0 Å². The second-order valence-corrected chi connectivity index (χ2v) is 9.38. The fraction of sp³-hybridized carbons (Fsp3) is 0.188. The summed E-state index contributed by atoms with van der Waals surface area (Å²) in [5.74, 6) is -2.03. The maximum absolute atomic E-state index is 13.5. The summed E-state index contributed by atoms with van der Waals surface area (Å²) in [6.07, 6.45) is 0. The highest BCUT2D eigenvalue weighted by Crippen LogP contribution is 2.41. The third kappa shape index (κ3) is 4.65. The maximum Gasteiger partial charge on any atom is 0.295 e. The SMILES string of the molecule is CCN(CC)c1ccc(C2/C(=C(/O)c3ccc4ccccc4c3)C(=O)C(=O)N2Cc2ccc(F)cc2)cc1. The molecule has 0 radical (unpaired) electrons. The number of benzene rings is 4. The highest BCUT2D eigenvalue weighted by atomic mass is 19.1. The molecule has 5 nitrogen and oxygen atoms in total. The molecule has 1 fully saturated rings. The van der Waals surface area contributed by atoms with E-state index in [1.165, 1.54) is 17.0 Å². The Bertz CT molecular complexity index is 1520. The summed E-state index contributed by atoms with van der Waals surface area (Å²) in [6, 6.07) is 26.0. The van der Waals surface area contributed by atoms with E-state index in [0.29, 0.717) is 16.7 Å². The van der Waals surface area contributed by atoms with Gasteiger partial charge < -0.3 is 14.9 Å². The monoisotopic (exact) mass is 508 g/mol. The van der Waals surface area contributed by atoms with Gasteiger partial charge in [-0.15, -0.1) is 0 Å². The Hall–Kier alpha value is -4.45. The molecule has 0 aromatic heterocycles. The first-order chi connectivity index (χ1) is 18.4. The van der Waals surface area contributed by atoms with Crippen LogP contribution in [0.25, 0.3) is 16.5 Å². The summed E-state index contributed by atoms with van der Waals surface area (Å²) in [5, 5.41) is 13.4. The largest absolute Gasteiger partial charge is 0.507 e. The topological polar surface area (TPSA) is 60.9 Å². The van der Waals surface area contributed by atoms with Gasteiger partial charge in [0, 0.05) is 30.9 Å². The zero-order valence-electron chi connectivity index (χ0n) is 21.4. The van der Waals surface area contributed by atoms with Crippen LogP contribution in [0.5, 0.6) is 0 Å². The van der Waals surface area contributed by atoms with Crippen LogP contribution in [0.2, 0.25) is 0 Å². The minimum atomic E-state index is -0.794. The average Bonchev–Trinajstić information content (AvgIpc) is 3.19. The molecular weight excluding hydrogens is 479 g/mol. The lowest BCUT2D eigenvalue weighted by atomic mass is 9.94. The number of hydrogen-bond donors (Lipinski definition) is 1. The molecule has 1 N–H and O–H groups in total. The third-order valence-corrected chi connectivity index (χ3v) is 7.17. The summed E-state index contributed by atoms with van der Waals surface area (Å²) >= 11 is 0. The number of amides is 1. The van der Waals surface area contributed by atoms with Crippen molar-refractivity contribution in [3.05, 3.63) is 119 Å². The normalized spacial score (nSPS) is 16.8. The van der Waals surface area contributed by atoms with Gasteiger partial charge in [-0.3, -0.25) is 9.59 Å². The number of anilines is 1. The molecule has 4 aromatic rings. The number of hydrogen-bond acceptors (Lipinski definition) is 4. The zero-order valence-corrected chi connectivity index (χ0v) is 21.4. The quantitative estimate of drug-likeness (QED) is 0.177. The summed E-state index contributed by atoms with van der Waals surface area (Å²) in [6.45, 7) is 5.96. The molecule has 1 heterocycles. The second-order valence-electron chi connectivity index (χ2n) is 9.38. The van der Waals surface area contributed by atoms with Gasteiger partial charge in [0.25, 0.3) is 11.7 Å². The Morgan fingerprint density at radius 1 is 0.868 bits per heavy atom. The van der Waals surface area contributed by atoms with Gasteiger partial charge in [0.05, 0.1) is 11.6 Å². The summed E-state index contributed by atoms with van der Waals surface area (Å²) in [7, 11) is 0. The maximum atomic E-state index is 13.5. The van der Waals surface area contributed by atoms with Crippen LogP contribution in [0.4, 0.5) is 10.1 Å². The molecule has 4 aromatic carbocycles. The van der Waals surface area contributed by atoms with Crippen LogP contribution in [-0.2, 0) is 16.1 Å². The zero-order chi connectivity index (χ0) is 26.8. The van der Waals surface area contributed by atoms with E-state index in [2.05, 4.69) is 18.7 Å². The fourth-order valence-electron chi connectivity index (χ4n) is 5.12. The number of likely N-dealkylation sites (tertiary alicyclic amines) is 1. The van der Waals surface area contributed by atoms with E-state index in [-0.39, 0.29) is 23.7 Å². The van der Waals surface area contributed by atoms with Crippen LogP contribution in [0, 0.1) is 5.82 Å². The molecule has 5 rings (SSSR count). The Morgan fingerprint density at radius 3 is 2.18 bits per heavy atom. The van der Waals surface area contributed by atoms with Crippen molar-refractivity contribution in [3.63, 3.8) is 0 Å². The molecule has 1 saturated heterocycles. The van der Waals surface area contributed by atoms with Crippen LogP contribution in [0.15, 0.2) is 96.6 Å². The highest BCUT2D eigenvalue weighted by Gasteiger charge is 2.46. The standard InChI is InChI=1S/C32H29FN2O3/c1-3-34(4-2)27-17-13-23(14-18-27)29-28(30(36)25-12-11-22-7-5-6-8-24(22)19-25)31(37)32(38)35(29)20-21-9-15-26(33)16-10-21/h5-19,29,36H,3-4,20H2,1-2H3/b30-28-. The summed E-state index contributed by atoms with van der Waals surface area (Å²) < 4.78 is 13.5. The van der Waals surface area contributed by atoms with E-state index in [0.717, 1.165) is 29.5 Å². The molecule has 1 aliphatic heterocycles. The van der Waals surface area contributed by atoms with Gasteiger partial charge in [-0.25, -0.2) is 4.39 Å². The number of ketones is 1. The van der Waals surface area contributed by atoms with E-state index in [9.17, 15) is 19.1 Å². The number of nitrogens with zero attached hydrogens (tertiary/aromatic N) is 2. The molecule has 1 unspecified atom stereocenters. The molecule has 0 spiro atoms. The number of fused-ring (bicyclic) bond motifs is 1. The minimum absolute atomic E-state index is 0.0444. The van der Waals surface area contributed by atoms with Crippen LogP contribution in [0.1, 0.15) is 36.6 Å². The second kappa shape index (κ2) is 10.5. The lowest BCUT2D eigenvalue weighted by Crippen LogP contribution is -2.29. The van der Waals surface area contributed by atoms with Crippen molar-refractivity contribution >= 4 is 33.9 Å². The van der Waals surface area contributed by atoms with Gasteiger partial charge >= 0.3 is 0 Å². The Labute approximate surface area is 221 Å². The number of aliphatic hydroxyl groups excluding tert-OH is 1. The van der Waals surface area contributed by atoms with E-state index in [4.69, 9.17) is 0 Å². The summed E-state index contributed by atoms with van der Waals surface area (Å²) in [4.78, 5) is 30.4. The Morgan fingerprint density at radius 2 is 1.53 bits per heavy atom. The first-order valence-electron chi connectivity index (χ1n) is 12.8. The van der Waals surface area contributed by atoms with Crippen LogP contribution < -0.4 is 4.90 Å². The van der Waals surface area contributed by atoms with Crippen LogP contribution in [0.3, 0.4) is 0 Å². The van der Waals surface area contributed by atoms with E-state index in [1.54, 1.807) is 18.2 Å². The molecule has 38 heavy (non-hydrogen) atoms. The van der Waals surface area contributed by atoms with Gasteiger partial charge in [0.15, 0.2) is 0 Å². The van der Waals surface area contributed by atoms with Crippen molar-refractivity contribution in [1.29, 1.82) is 0 Å². The van der Waals surface area contributed by atoms with E-state index in [1.807, 2.05) is 60.7 Å². The van der Waals surface area contributed by atoms with Gasteiger partial charge in [-0.2, -0.15) is 0 Å². The van der Waals surface area contributed by atoms with Crippen LogP contribution >= 0.6 is 0 Å². The van der Waals surface area contributed by atoms with Gasteiger partial charge in [0.2, 0.25) is 0 Å². The average molecular weight is 509 g/mol. The Kier molecular flexibility index (Phi) is 6.97. The van der Waals surface area contributed by atoms with Crippen molar-refractivity contribution in [2.24, 2.45) is 0 Å². The fourth-order valence-corrected chi connectivity index (χ4v) is 5.12. The van der Waals surface area contributed by atoms with Gasteiger partial charge in [0.1, 0.15) is 11.6 Å². The number of aliphatic hydroxyl groups is 1. The third-order valence-electron chi connectivity index (χ3n) is 7.17.